The van der Waals surface area contributed by atoms with E-state index in [1.165, 1.54) is 6.07 Å². The number of halogens is 2. The van der Waals surface area contributed by atoms with Crippen LogP contribution in [0, 0.1) is 24.5 Å². The van der Waals surface area contributed by atoms with Gasteiger partial charge in [0.05, 0.1) is 23.1 Å². The van der Waals surface area contributed by atoms with Gasteiger partial charge >= 0.3 is 0 Å². The van der Waals surface area contributed by atoms with E-state index >= 15 is 0 Å². The number of anilines is 1. The minimum absolute atomic E-state index is 0.366. The lowest BCUT2D eigenvalue weighted by atomic mass is 9.89. The molecule has 1 aliphatic heterocycles. The molecular formula is C24H23F2N5. The normalized spacial score (nSPS) is 15.0. The van der Waals surface area contributed by atoms with Crippen LogP contribution in [0.5, 0.6) is 0 Å². The lowest BCUT2D eigenvalue weighted by Crippen LogP contribution is -2.35. The molecule has 0 spiro atoms. The summed E-state index contributed by atoms with van der Waals surface area (Å²) < 4.78 is 29.1. The van der Waals surface area contributed by atoms with Gasteiger partial charge in [-0.15, -0.1) is 5.10 Å². The second-order valence-electron chi connectivity index (χ2n) is 8.17. The van der Waals surface area contributed by atoms with Crippen molar-refractivity contribution in [2.75, 3.05) is 18.0 Å². The average Bonchev–Trinajstić information content (AvgIpc) is 3.20. The van der Waals surface area contributed by atoms with E-state index in [4.69, 9.17) is 0 Å². The number of aryl methyl sites for hydroxylation is 1. The molecule has 1 saturated heterocycles. The molecule has 0 aliphatic carbocycles. The Morgan fingerprint density at radius 2 is 1.81 bits per heavy atom. The van der Waals surface area contributed by atoms with E-state index in [-0.39, 0.29) is 0 Å². The topological polar surface area (TPSA) is 46.8 Å². The van der Waals surface area contributed by atoms with Gasteiger partial charge in [-0.1, -0.05) is 23.4 Å². The Kier molecular flexibility index (Phi) is 5.10. The third-order valence-corrected chi connectivity index (χ3v) is 6.06. The first-order valence-corrected chi connectivity index (χ1v) is 10.5. The van der Waals surface area contributed by atoms with Gasteiger partial charge < -0.3 is 4.90 Å². The molecule has 158 valence electrons. The first-order chi connectivity index (χ1) is 15.1. The molecule has 0 unspecified atom stereocenters. The van der Waals surface area contributed by atoms with Gasteiger partial charge in [0, 0.05) is 24.8 Å². The van der Waals surface area contributed by atoms with Crippen LogP contribution in [0.4, 0.5) is 14.5 Å². The van der Waals surface area contributed by atoms with Crippen molar-refractivity contribution < 1.29 is 8.78 Å². The van der Waals surface area contributed by atoms with Gasteiger partial charge in [0.1, 0.15) is 17.2 Å². The molecule has 5 rings (SSSR count). The molecule has 3 heterocycles. The summed E-state index contributed by atoms with van der Waals surface area (Å²) in [6.45, 7) is 3.66. The number of piperidine rings is 1. The zero-order chi connectivity index (χ0) is 21.4. The first-order valence-electron chi connectivity index (χ1n) is 10.5. The Bertz CT molecular complexity index is 1230. The second-order valence-corrected chi connectivity index (χ2v) is 8.17. The van der Waals surface area contributed by atoms with Crippen LogP contribution in [0.1, 0.15) is 24.1 Å². The minimum Gasteiger partial charge on any atom is -0.369 e. The van der Waals surface area contributed by atoms with Gasteiger partial charge in [0.2, 0.25) is 0 Å². The largest absolute Gasteiger partial charge is 0.369 e. The van der Waals surface area contributed by atoms with Crippen LogP contribution in [0.15, 0.2) is 54.7 Å². The van der Waals surface area contributed by atoms with Crippen molar-refractivity contribution in [3.63, 3.8) is 0 Å². The number of nitrogens with zero attached hydrogens (tertiary/aromatic N) is 5. The second kappa shape index (κ2) is 8.06. The summed E-state index contributed by atoms with van der Waals surface area (Å²) in [5.74, 6) is -0.619. The highest BCUT2D eigenvalue weighted by Crippen LogP contribution is 2.31. The van der Waals surface area contributed by atoms with Gasteiger partial charge in [0.25, 0.3) is 0 Å². The summed E-state index contributed by atoms with van der Waals surface area (Å²) in [6, 6.07) is 13.8. The smallest absolute Gasteiger partial charge is 0.129 e. The number of aromatic nitrogens is 4. The fourth-order valence-corrected chi connectivity index (χ4v) is 4.37. The summed E-state index contributed by atoms with van der Waals surface area (Å²) in [5, 5.41) is 8.69. The van der Waals surface area contributed by atoms with E-state index in [0.717, 1.165) is 60.1 Å². The molecule has 31 heavy (non-hydrogen) atoms. The molecule has 2 aromatic carbocycles. The maximum Gasteiger partial charge on any atom is 0.129 e. The molecule has 2 aromatic heterocycles. The van der Waals surface area contributed by atoms with Crippen molar-refractivity contribution in [1.82, 2.24) is 20.0 Å². The predicted octanol–water partition coefficient (Wildman–Crippen LogP) is 4.86. The van der Waals surface area contributed by atoms with Crippen LogP contribution in [-0.4, -0.2) is 33.1 Å². The summed E-state index contributed by atoms with van der Waals surface area (Å²) in [4.78, 5) is 6.84. The van der Waals surface area contributed by atoms with E-state index in [1.807, 2.05) is 48.1 Å². The first kappa shape index (κ1) is 19.6. The number of pyridine rings is 1. The standard InChI is InChI=1S/C24H23F2N5/c1-16-12-23(31-22-5-3-2-4-21(22)28-29-31)24(15-27-16)30-10-8-17(9-11-30)13-18-6-7-19(25)14-20(18)26/h2-7,12,14-15,17H,8-11,13H2,1H3. The van der Waals surface area contributed by atoms with Crippen LogP contribution < -0.4 is 4.90 Å². The number of para-hydroxylation sites is 1. The van der Waals surface area contributed by atoms with Gasteiger partial charge in [-0.2, -0.15) is 0 Å². The number of benzene rings is 2. The number of hydrogen-bond acceptors (Lipinski definition) is 4. The fourth-order valence-electron chi connectivity index (χ4n) is 4.37. The molecule has 1 aliphatic rings. The fraction of sp³-hybridized carbons (Fsp3) is 0.292. The van der Waals surface area contributed by atoms with Gasteiger partial charge in [0.15, 0.2) is 0 Å². The Morgan fingerprint density at radius 3 is 2.61 bits per heavy atom. The number of fused-ring (bicyclic) bond motifs is 1. The molecule has 0 saturated carbocycles. The third kappa shape index (κ3) is 3.87. The highest BCUT2D eigenvalue weighted by Gasteiger charge is 2.24. The van der Waals surface area contributed by atoms with Crippen LogP contribution in [0.3, 0.4) is 0 Å². The highest BCUT2D eigenvalue weighted by molar-refractivity contribution is 5.78. The van der Waals surface area contributed by atoms with E-state index in [0.29, 0.717) is 17.9 Å². The molecule has 0 amide bonds. The summed E-state index contributed by atoms with van der Waals surface area (Å²) in [5.41, 5.74) is 5.29. The zero-order valence-electron chi connectivity index (χ0n) is 17.3. The predicted molar refractivity (Wildman–Crippen MR) is 116 cm³/mol. The summed E-state index contributed by atoms with van der Waals surface area (Å²) in [6.07, 6.45) is 4.40. The Balaban J connectivity index is 1.37. The lowest BCUT2D eigenvalue weighted by Gasteiger charge is -2.34. The molecular weight excluding hydrogens is 396 g/mol. The molecule has 0 bridgehead atoms. The maximum atomic E-state index is 14.0. The number of rotatable bonds is 4. The Hall–Kier alpha value is -3.35. The minimum atomic E-state index is -0.531. The quantitative estimate of drug-likeness (QED) is 0.474. The molecule has 0 N–H and O–H groups in total. The molecule has 0 atom stereocenters. The molecule has 7 heteroatoms. The van der Waals surface area contributed by atoms with Crippen molar-refractivity contribution in [2.24, 2.45) is 5.92 Å². The lowest BCUT2D eigenvalue weighted by molar-refractivity contribution is 0.397. The SMILES string of the molecule is Cc1cc(-n2nnc3ccccc32)c(N2CCC(Cc3ccc(F)cc3F)CC2)cn1. The zero-order valence-corrected chi connectivity index (χ0v) is 17.3. The Morgan fingerprint density at radius 1 is 1.00 bits per heavy atom. The average molecular weight is 419 g/mol. The molecule has 1 fully saturated rings. The molecule has 5 nitrogen and oxygen atoms in total. The van der Waals surface area contributed by atoms with Crippen LogP contribution in [0.2, 0.25) is 0 Å². The van der Waals surface area contributed by atoms with Crippen LogP contribution in [-0.2, 0) is 6.42 Å². The summed E-state index contributed by atoms with van der Waals surface area (Å²) in [7, 11) is 0. The maximum absolute atomic E-state index is 14.0. The summed E-state index contributed by atoms with van der Waals surface area (Å²) >= 11 is 0. The third-order valence-electron chi connectivity index (χ3n) is 6.06. The van der Waals surface area contributed by atoms with Crippen molar-refractivity contribution in [3.05, 3.63) is 77.6 Å². The monoisotopic (exact) mass is 419 g/mol. The van der Waals surface area contributed by atoms with Crippen molar-refractivity contribution >= 4 is 16.7 Å². The van der Waals surface area contributed by atoms with Crippen LogP contribution in [0.25, 0.3) is 16.7 Å². The van der Waals surface area contributed by atoms with E-state index in [2.05, 4.69) is 20.2 Å². The highest BCUT2D eigenvalue weighted by atomic mass is 19.1. The molecule has 4 aromatic rings. The van der Waals surface area contributed by atoms with Crippen molar-refractivity contribution in [3.8, 4) is 5.69 Å². The van der Waals surface area contributed by atoms with Gasteiger partial charge in [-0.05, 0) is 61.9 Å². The van der Waals surface area contributed by atoms with Crippen LogP contribution >= 0.6 is 0 Å². The van der Waals surface area contributed by atoms with Crippen molar-refractivity contribution in [1.29, 1.82) is 0 Å². The van der Waals surface area contributed by atoms with E-state index < -0.39 is 11.6 Å². The van der Waals surface area contributed by atoms with E-state index in [1.54, 1.807) is 6.07 Å². The van der Waals surface area contributed by atoms with Gasteiger partial charge in [-0.3, -0.25) is 4.98 Å². The number of hydrogen-bond donors (Lipinski definition) is 0. The van der Waals surface area contributed by atoms with Crippen molar-refractivity contribution in [2.45, 2.75) is 26.2 Å². The molecule has 0 radical (unpaired) electrons. The van der Waals surface area contributed by atoms with Gasteiger partial charge in [-0.25, -0.2) is 13.5 Å². The Labute approximate surface area is 179 Å². The van der Waals surface area contributed by atoms with E-state index in [9.17, 15) is 8.78 Å².